The number of amides is 1. The lowest BCUT2D eigenvalue weighted by atomic mass is 10.1. The normalized spacial score (nSPS) is 11.5. The number of carbonyl (C=O) groups excluding carboxylic acids is 1. The fraction of sp³-hybridized carbons (Fsp3) is 0.400. The topological polar surface area (TPSA) is 72.4 Å². The summed E-state index contributed by atoms with van der Waals surface area (Å²) in [6, 6.07) is 1.68. The number of hydrogen-bond donors (Lipinski definition) is 1. The van der Waals surface area contributed by atoms with Gasteiger partial charge in [0.25, 0.3) is 5.91 Å². The zero-order valence-corrected chi connectivity index (χ0v) is 13.8. The Bertz CT molecular complexity index is 828. The third-order valence-corrected chi connectivity index (χ3v) is 4.67. The predicted octanol–water partition coefficient (Wildman–Crippen LogP) is 3.05. The molecule has 0 fully saturated rings. The first kappa shape index (κ1) is 14.8. The number of carbonyl (C=O) groups is 1. The summed E-state index contributed by atoms with van der Waals surface area (Å²) in [7, 11) is 0. The van der Waals surface area contributed by atoms with E-state index in [9.17, 15) is 4.79 Å². The van der Waals surface area contributed by atoms with E-state index < -0.39 is 0 Å². The Morgan fingerprint density at radius 3 is 2.86 bits per heavy atom. The number of aromatic nitrogens is 3. The molecule has 6 nitrogen and oxygen atoms in total. The highest BCUT2D eigenvalue weighted by Gasteiger charge is 2.15. The molecule has 0 saturated carbocycles. The Labute approximate surface area is 132 Å². The van der Waals surface area contributed by atoms with Gasteiger partial charge in [-0.1, -0.05) is 19.0 Å². The average Bonchev–Trinajstić information content (AvgIpc) is 3.15. The molecular weight excluding hydrogens is 300 g/mol. The fourth-order valence-electron chi connectivity index (χ4n) is 2.12. The number of aryl methyl sites for hydroxylation is 2. The Balaban J connectivity index is 1.68. The van der Waals surface area contributed by atoms with E-state index in [4.69, 9.17) is 4.52 Å². The minimum atomic E-state index is -0.250. The molecule has 3 aromatic heterocycles. The van der Waals surface area contributed by atoms with Gasteiger partial charge in [-0.15, -0.1) is 11.3 Å². The Hall–Kier alpha value is -2.15. The van der Waals surface area contributed by atoms with Gasteiger partial charge in [-0.25, -0.2) is 4.98 Å². The van der Waals surface area contributed by atoms with E-state index in [1.165, 1.54) is 10.6 Å². The summed E-state index contributed by atoms with van der Waals surface area (Å²) < 4.78 is 7.18. The van der Waals surface area contributed by atoms with Gasteiger partial charge in [-0.3, -0.25) is 9.20 Å². The van der Waals surface area contributed by atoms with Crippen LogP contribution < -0.4 is 5.32 Å². The van der Waals surface area contributed by atoms with Crippen molar-refractivity contribution in [3.05, 3.63) is 40.0 Å². The molecule has 22 heavy (non-hydrogen) atoms. The molecule has 116 valence electrons. The largest absolute Gasteiger partial charge is 0.360 e. The SMILES string of the molecule is Cc1sc2nc(CNC(=O)c3cc(C(C)C)on3)cn2c1C. The van der Waals surface area contributed by atoms with Crippen LogP contribution in [-0.4, -0.2) is 20.4 Å². The number of thiazole rings is 1. The second-order valence-electron chi connectivity index (χ2n) is 5.58. The van der Waals surface area contributed by atoms with Gasteiger partial charge in [0, 0.05) is 28.8 Å². The molecule has 0 aliphatic heterocycles. The number of nitrogens with one attached hydrogen (secondary N) is 1. The highest BCUT2D eigenvalue weighted by Crippen LogP contribution is 2.21. The van der Waals surface area contributed by atoms with E-state index in [-0.39, 0.29) is 11.8 Å². The van der Waals surface area contributed by atoms with E-state index in [0.717, 1.165) is 10.7 Å². The molecule has 3 heterocycles. The summed E-state index contributed by atoms with van der Waals surface area (Å²) in [6.07, 6.45) is 1.96. The third-order valence-electron chi connectivity index (χ3n) is 3.60. The third kappa shape index (κ3) is 2.64. The van der Waals surface area contributed by atoms with Gasteiger partial charge in [0.05, 0.1) is 12.2 Å². The van der Waals surface area contributed by atoms with Crippen molar-refractivity contribution < 1.29 is 9.32 Å². The minimum Gasteiger partial charge on any atom is -0.360 e. The van der Waals surface area contributed by atoms with Crippen LogP contribution in [0.5, 0.6) is 0 Å². The molecule has 3 aromatic rings. The highest BCUT2D eigenvalue weighted by atomic mass is 32.1. The summed E-state index contributed by atoms with van der Waals surface area (Å²) in [5.74, 6) is 0.666. The van der Waals surface area contributed by atoms with Crippen molar-refractivity contribution in [1.82, 2.24) is 19.9 Å². The maximum Gasteiger partial charge on any atom is 0.273 e. The fourth-order valence-corrected chi connectivity index (χ4v) is 3.09. The Morgan fingerprint density at radius 2 is 2.23 bits per heavy atom. The van der Waals surface area contributed by atoms with Crippen LogP contribution in [0.25, 0.3) is 4.96 Å². The van der Waals surface area contributed by atoms with Gasteiger partial charge in [-0.2, -0.15) is 0 Å². The van der Waals surface area contributed by atoms with Gasteiger partial charge >= 0.3 is 0 Å². The lowest BCUT2D eigenvalue weighted by Crippen LogP contribution is -2.23. The molecule has 7 heteroatoms. The maximum absolute atomic E-state index is 12.1. The standard InChI is InChI=1S/C15H18N4O2S/c1-8(2)13-5-12(18-21-13)14(20)16-6-11-7-19-9(3)10(4)22-15(19)17-11/h5,7-8H,6H2,1-4H3,(H,16,20). The molecule has 0 bridgehead atoms. The number of nitrogens with zero attached hydrogens (tertiary/aromatic N) is 3. The van der Waals surface area contributed by atoms with Crippen LogP contribution in [0.1, 0.15) is 52.3 Å². The van der Waals surface area contributed by atoms with Gasteiger partial charge in [0.2, 0.25) is 0 Å². The molecule has 0 spiro atoms. The lowest BCUT2D eigenvalue weighted by Gasteiger charge is -1.99. The molecule has 0 saturated heterocycles. The van der Waals surface area contributed by atoms with Crippen molar-refractivity contribution in [2.24, 2.45) is 0 Å². The van der Waals surface area contributed by atoms with Crippen molar-refractivity contribution in [3.63, 3.8) is 0 Å². The average molecular weight is 318 g/mol. The first-order valence-corrected chi connectivity index (χ1v) is 7.96. The summed E-state index contributed by atoms with van der Waals surface area (Å²) >= 11 is 1.65. The van der Waals surface area contributed by atoms with Crippen LogP contribution in [0.3, 0.4) is 0 Å². The molecule has 0 aromatic carbocycles. The van der Waals surface area contributed by atoms with Gasteiger partial charge < -0.3 is 9.84 Å². The van der Waals surface area contributed by atoms with Crippen LogP contribution in [-0.2, 0) is 6.54 Å². The Kier molecular flexibility index (Phi) is 3.74. The first-order chi connectivity index (χ1) is 10.5. The Morgan fingerprint density at radius 1 is 1.45 bits per heavy atom. The molecule has 0 aliphatic carbocycles. The number of imidazole rings is 1. The van der Waals surface area contributed by atoms with Crippen LogP contribution in [0.15, 0.2) is 16.8 Å². The van der Waals surface area contributed by atoms with Gasteiger partial charge in [0.15, 0.2) is 10.7 Å². The zero-order chi connectivity index (χ0) is 15.9. The van der Waals surface area contributed by atoms with Crippen molar-refractivity contribution in [3.8, 4) is 0 Å². The van der Waals surface area contributed by atoms with E-state index >= 15 is 0 Å². The molecule has 0 unspecified atom stereocenters. The van der Waals surface area contributed by atoms with E-state index in [1.54, 1.807) is 17.4 Å². The van der Waals surface area contributed by atoms with E-state index in [1.807, 2.05) is 20.0 Å². The number of rotatable bonds is 4. The maximum atomic E-state index is 12.1. The second kappa shape index (κ2) is 5.57. The second-order valence-corrected chi connectivity index (χ2v) is 6.76. The summed E-state index contributed by atoms with van der Waals surface area (Å²) in [5, 5.41) is 6.62. The smallest absolute Gasteiger partial charge is 0.273 e. The van der Waals surface area contributed by atoms with E-state index in [0.29, 0.717) is 18.0 Å². The van der Waals surface area contributed by atoms with Gasteiger partial charge in [0.1, 0.15) is 5.76 Å². The molecule has 3 rings (SSSR count). The van der Waals surface area contributed by atoms with E-state index in [2.05, 4.69) is 33.7 Å². The molecule has 1 N–H and O–H groups in total. The van der Waals surface area contributed by atoms with Crippen molar-refractivity contribution >= 4 is 22.2 Å². The van der Waals surface area contributed by atoms with Gasteiger partial charge in [-0.05, 0) is 13.8 Å². The quantitative estimate of drug-likeness (QED) is 0.802. The van der Waals surface area contributed by atoms with Crippen molar-refractivity contribution in [2.75, 3.05) is 0 Å². The summed E-state index contributed by atoms with van der Waals surface area (Å²) in [4.78, 5) is 18.8. The first-order valence-electron chi connectivity index (χ1n) is 7.14. The number of fused-ring (bicyclic) bond motifs is 1. The minimum absolute atomic E-state index is 0.209. The van der Waals surface area contributed by atoms with Crippen LogP contribution in [0, 0.1) is 13.8 Å². The molecule has 0 aliphatic rings. The molecule has 0 radical (unpaired) electrons. The molecule has 0 atom stereocenters. The van der Waals surface area contributed by atoms with Crippen LogP contribution in [0.2, 0.25) is 0 Å². The number of hydrogen-bond acceptors (Lipinski definition) is 5. The summed E-state index contributed by atoms with van der Waals surface area (Å²) in [6.45, 7) is 8.49. The summed E-state index contributed by atoms with van der Waals surface area (Å²) in [5.41, 5.74) is 2.31. The highest BCUT2D eigenvalue weighted by molar-refractivity contribution is 7.17. The predicted molar refractivity (Wildman–Crippen MR) is 84.3 cm³/mol. The van der Waals surface area contributed by atoms with Crippen LogP contribution >= 0.6 is 11.3 Å². The van der Waals surface area contributed by atoms with Crippen LogP contribution in [0.4, 0.5) is 0 Å². The monoisotopic (exact) mass is 318 g/mol. The van der Waals surface area contributed by atoms with Crippen molar-refractivity contribution in [1.29, 1.82) is 0 Å². The zero-order valence-electron chi connectivity index (χ0n) is 13.0. The molecule has 1 amide bonds. The lowest BCUT2D eigenvalue weighted by molar-refractivity contribution is 0.0941. The molecular formula is C15H18N4O2S. The van der Waals surface area contributed by atoms with Crippen molar-refractivity contribution in [2.45, 2.75) is 40.2 Å².